The van der Waals surface area contributed by atoms with Crippen LogP contribution in [-0.4, -0.2) is 19.8 Å². The Morgan fingerprint density at radius 1 is 1.11 bits per heavy atom. The van der Waals surface area contributed by atoms with Crippen molar-refractivity contribution in [2.24, 2.45) is 0 Å². The molecule has 140 valence electrons. The lowest BCUT2D eigenvalue weighted by Crippen LogP contribution is -2.03. The van der Waals surface area contributed by atoms with Crippen molar-refractivity contribution in [1.29, 1.82) is 0 Å². The summed E-state index contributed by atoms with van der Waals surface area (Å²) >= 11 is 5.01. The zero-order valence-corrected chi connectivity index (χ0v) is 16.8. The van der Waals surface area contributed by atoms with Crippen molar-refractivity contribution < 1.29 is 18.7 Å². The molecule has 5 nitrogen and oxygen atoms in total. The Labute approximate surface area is 168 Å². The van der Waals surface area contributed by atoms with Crippen LogP contribution in [0, 0.1) is 13.8 Å². The Kier molecular flexibility index (Phi) is 5.67. The Balaban J connectivity index is 2.15. The fourth-order valence-electron chi connectivity index (χ4n) is 2.92. The highest BCUT2D eigenvalue weighted by Crippen LogP contribution is 2.42. The van der Waals surface area contributed by atoms with Crippen molar-refractivity contribution in [3.05, 3.63) is 63.5 Å². The lowest BCUT2D eigenvalue weighted by atomic mass is 9.97. The van der Waals surface area contributed by atoms with Crippen molar-refractivity contribution >= 4 is 45.9 Å². The summed E-state index contributed by atoms with van der Waals surface area (Å²) in [6.07, 6.45) is 0. The summed E-state index contributed by atoms with van der Waals surface area (Å²) in [7, 11) is 0. The molecule has 0 bridgehead atoms. The zero-order valence-electron chi connectivity index (χ0n) is 14.4. The van der Waals surface area contributed by atoms with Crippen LogP contribution >= 0.6 is 22.9 Å². The number of carboxylic acids is 1. The van der Waals surface area contributed by atoms with E-state index in [-0.39, 0.29) is 4.88 Å². The molecule has 0 aliphatic rings. The van der Waals surface area contributed by atoms with E-state index in [9.17, 15) is 14.1 Å². The van der Waals surface area contributed by atoms with E-state index in [2.05, 4.69) is 4.72 Å². The highest BCUT2D eigenvalue weighted by molar-refractivity contribution is 7.80. The van der Waals surface area contributed by atoms with E-state index in [1.807, 2.05) is 25.1 Å². The summed E-state index contributed by atoms with van der Waals surface area (Å²) < 4.78 is 22.4. The second kappa shape index (κ2) is 7.82. The Hall–Kier alpha value is -2.19. The van der Waals surface area contributed by atoms with Crippen molar-refractivity contribution in [3.63, 3.8) is 0 Å². The van der Waals surface area contributed by atoms with Gasteiger partial charge in [0.1, 0.15) is 4.88 Å². The van der Waals surface area contributed by atoms with E-state index in [0.29, 0.717) is 16.3 Å². The van der Waals surface area contributed by atoms with E-state index in [0.717, 1.165) is 27.1 Å². The van der Waals surface area contributed by atoms with Gasteiger partial charge in [-0.25, -0.2) is 9.00 Å². The number of thiophene rings is 1. The number of hydrogen-bond donors (Lipinski definition) is 3. The molecular weight excluding hydrogens is 406 g/mol. The average Bonchev–Trinajstić information content (AvgIpc) is 2.95. The fraction of sp³-hybridized carbons (Fsp3) is 0.105. The number of aromatic carboxylic acids is 1. The summed E-state index contributed by atoms with van der Waals surface area (Å²) in [5, 5.41) is 10.3. The summed E-state index contributed by atoms with van der Waals surface area (Å²) in [5.74, 6) is -0.991. The number of carboxylic acid groups (broad SMARTS) is 1. The van der Waals surface area contributed by atoms with Crippen LogP contribution in [0.5, 0.6) is 0 Å². The first-order chi connectivity index (χ1) is 12.8. The van der Waals surface area contributed by atoms with Crippen molar-refractivity contribution in [2.45, 2.75) is 13.8 Å². The minimum atomic E-state index is -2.17. The summed E-state index contributed by atoms with van der Waals surface area (Å²) in [4.78, 5) is 13.0. The van der Waals surface area contributed by atoms with Crippen LogP contribution < -0.4 is 4.72 Å². The van der Waals surface area contributed by atoms with Crippen molar-refractivity contribution in [3.8, 4) is 21.6 Å². The van der Waals surface area contributed by atoms with Gasteiger partial charge in [-0.05, 0) is 60.4 Å². The largest absolute Gasteiger partial charge is 0.477 e. The molecule has 0 saturated heterocycles. The van der Waals surface area contributed by atoms with Crippen LogP contribution in [0.2, 0.25) is 5.02 Å². The predicted molar refractivity (Wildman–Crippen MR) is 111 cm³/mol. The van der Waals surface area contributed by atoms with Gasteiger partial charge < -0.3 is 5.11 Å². The van der Waals surface area contributed by atoms with Crippen LogP contribution in [0.3, 0.4) is 0 Å². The molecule has 0 spiro atoms. The topological polar surface area (TPSA) is 86.6 Å². The zero-order chi connectivity index (χ0) is 19.7. The molecule has 0 saturated carbocycles. The molecule has 3 N–H and O–H groups in total. The lowest BCUT2D eigenvalue weighted by Gasteiger charge is -2.10. The molecule has 1 aromatic heterocycles. The van der Waals surface area contributed by atoms with E-state index in [1.165, 1.54) is 11.3 Å². The molecule has 0 aliphatic heterocycles. The number of hydrogen-bond acceptors (Lipinski definition) is 3. The minimum Gasteiger partial charge on any atom is -0.477 e. The van der Waals surface area contributed by atoms with Gasteiger partial charge in [-0.1, -0.05) is 29.8 Å². The van der Waals surface area contributed by atoms with Gasteiger partial charge in [0, 0.05) is 15.5 Å². The third-order valence-electron chi connectivity index (χ3n) is 4.16. The Bertz CT molecular complexity index is 1040. The second-order valence-corrected chi connectivity index (χ2v) is 8.11. The van der Waals surface area contributed by atoms with Crippen molar-refractivity contribution in [2.75, 3.05) is 4.72 Å². The fourth-order valence-corrected chi connectivity index (χ4v) is 4.63. The predicted octanol–water partition coefficient (Wildman–Crippen LogP) is 5.60. The molecule has 2 aromatic carbocycles. The van der Waals surface area contributed by atoms with Crippen LogP contribution in [0.15, 0.2) is 42.5 Å². The molecule has 1 heterocycles. The summed E-state index contributed by atoms with van der Waals surface area (Å²) in [6, 6.07) is 12.5. The van der Waals surface area contributed by atoms with Gasteiger partial charge in [0.25, 0.3) is 11.3 Å². The van der Waals surface area contributed by atoms with E-state index < -0.39 is 17.2 Å². The van der Waals surface area contributed by atoms with Gasteiger partial charge in [0.2, 0.25) is 0 Å². The highest BCUT2D eigenvalue weighted by Gasteiger charge is 2.22. The number of carbonyl (C=O) groups is 1. The molecule has 0 aliphatic carbocycles. The third kappa shape index (κ3) is 4.06. The second-order valence-electron chi connectivity index (χ2n) is 5.95. The molecular formula is C19H16ClNO4S2. The van der Waals surface area contributed by atoms with Gasteiger partial charge in [-0.15, -0.1) is 11.3 Å². The molecule has 0 radical (unpaired) electrons. The number of benzene rings is 2. The van der Waals surface area contributed by atoms with Crippen LogP contribution in [0.1, 0.15) is 20.8 Å². The maximum absolute atomic E-state index is 11.8. The number of rotatable bonds is 5. The van der Waals surface area contributed by atoms with Gasteiger partial charge in [0.15, 0.2) is 0 Å². The number of halogens is 1. The maximum Gasteiger partial charge on any atom is 0.346 e. The van der Waals surface area contributed by atoms with Gasteiger partial charge >= 0.3 is 5.97 Å². The Morgan fingerprint density at radius 2 is 1.74 bits per heavy atom. The average molecular weight is 422 g/mol. The quantitative estimate of drug-likeness (QED) is 0.468. The molecule has 0 amide bonds. The molecule has 1 atom stereocenters. The van der Waals surface area contributed by atoms with Crippen LogP contribution in [0.4, 0.5) is 5.69 Å². The maximum atomic E-state index is 11.8. The highest BCUT2D eigenvalue weighted by atomic mass is 35.5. The molecule has 0 fully saturated rings. The third-order valence-corrected chi connectivity index (χ3v) is 6.14. The SMILES string of the molecule is Cc1cc(-c2c(C(=O)O)sc(-c3ccc(Cl)cc3)c2C)ccc1NS(=O)O. The Morgan fingerprint density at radius 3 is 2.30 bits per heavy atom. The van der Waals surface area contributed by atoms with Crippen LogP contribution in [-0.2, 0) is 11.3 Å². The standard InChI is InChI=1S/C19H16ClNO4S2/c1-10-9-13(5-8-15(10)21-27(24)25)16-11(2)17(26-18(16)19(22)23)12-3-6-14(20)7-4-12/h3-9,21H,1-2H3,(H,22,23)(H,24,25). The molecule has 3 aromatic rings. The lowest BCUT2D eigenvalue weighted by molar-refractivity contribution is 0.0703. The summed E-state index contributed by atoms with van der Waals surface area (Å²) in [6.45, 7) is 3.69. The van der Waals surface area contributed by atoms with E-state index >= 15 is 0 Å². The van der Waals surface area contributed by atoms with E-state index in [4.69, 9.17) is 16.2 Å². The molecule has 27 heavy (non-hydrogen) atoms. The van der Waals surface area contributed by atoms with Crippen molar-refractivity contribution in [1.82, 2.24) is 0 Å². The smallest absolute Gasteiger partial charge is 0.346 e. The molecule has 8 heteroatoms. The normalized spacial score (nSPS) is 12.0. The minimum absolute atomic E-state index is 0.253. The molecule has 3 rings (SSSR count). The monoisotopic (exact) mass is 421 g/mol. The van der Waals surface area contributed by atoms with Crippen LogP contribution in [0.25, 0.3) is 21.6 Å². The van der Waals surface area contributed by atoms with Gasteiger partial charge in [-0.2, -0.15) is 0 Å². The number of nitrogens with one attached hydrogen (secondary N) is 1. The number of anilines is 1. The first kappa shape index (κ1) is 19.6. The number of aryl methyl sites for hydroxylation is 1. The van der Waals surface area contributed by atoms with Gasteiger partial charge in [0.05, 0.1) is 5.69 Å². The van der Waals surface area contributed by atoms with Gasteiger partial charge in [-0.3, -0.25) is 9.27 Å². The first-order valence-electron chi connectivity index (χ1n) is 7.89. The molecule has 1 unspecified atom stereocenters. The van der Waals surface area contributed by atoms with E-state index in [1.54, 1.807) is 31.2 Å². The first-order valence-corrected chi connectivity index (χ1v) is 10.2. The summed E-state index contributed by atoms with van der Waals surface area (Å²) in [5.41, 5.74) is 4.42.